The molecule has 132 valence electrons. The normalized spacial score (nSPS) is 43.3. The highest BCUT2D eigenvalue weighted by Gasteiger charge is 2.30. The number of hydrogen-bond acceptors (Lipinski definition) is 5. The molecule has 4 rings (SSSR count). The lowest BCUT2D eigenvalue weighted by Crippen LogP contribution is -2.33. The van der Waals surface area contributed by atoms with Crippen LogP contribution in [0.3, 0.4) is 0 Å². The Kier molecular flexibility index (Phi) is 5.51. The van der Waals surface area contributed by atoms with E-state index < -0.39 is 0 Å². The summed E-state index contributed by atoms with van der Waals surface area (Å²) in [5.41, 5.74) is 0. The first-order chi connectivity index (χ1) is 11.3. The third kappa shape index (κ3) is 5.40. The molecule has 2 saturated carbocycles. The molecule has 5 heteroatoms. The minimum absolute atomic E-state index is 0.382. The average molecular weight is 326 g/mol. The summed E-state index contributed by atoms with van der Waals surface area (Å²) in [6, 6.07) is 0. The lowest BCUT2D eigenvalue weighted by molar-refractivity contribution is -0.0889. The summed E-state index contributed by atoms with van der Waals surface area (Å²) in [5.74, 6) is 0. The van der Waals surface area contributed by atoms with Gasteiger partial charge in [-0.3, -0.25) is 0 Å². The van der Waals surface area contributed by atoms with Crippen molar-refractivity contribution in [2.75, 3.05) is 26.4 Å². The van der Waals surface area contributed by atoms with Crippen molar-refractivity contribution in [1.82, 2.24) is 0 Å². The Labute approximate surface area is 138 Å². The van der Waals surface area contributed by atoms with Crippen molar-refractivity contribution in [2.24, 2.45) is 0 Å². The second-order valence-corrected chi connectivity index (χ2v) is 7.51. The van der Waals surface area contributed by atoms with Gasteiger partial charge in [-0.1, -0.05) is 0 Å². The number of epoxide rings is 2. The van der Waals surface area contributed by atoms with Crippen molar-refractivity contribution in [3.63, 3.8) is 0 Å². The smallest absolute Gasteiger partial charge is 0.104 e. The minimum Gasteiger partial charge on any atom is -0.375 e. The second kappa shape index (κ2) is 7.79. The summed E-state index contributed by atoms with van der Waals surface area (Å²) in [5, 5.41) is 0. The Bertz CT molecular complexity index is 318. The molecule has 2 unspecified atom stereocenters. The predicted octanol–water partition coefficient (Wildman–Crippen LogP) is 2.46. The van der Waals surface area contributed by atoms with E-state index in [-0.39, 0.29) is 0 Å². The summed E-state index contributed by atoms with van der Waals surface area (Å²) in [4.78, 5) is 0. The molecule has 0 aromatic carbocycles. The lowest BCUT2D eigenvalue weighted by atomic mass is 9.92. The molecule has 5 nitrogen and oxygen atoms in total. The van der Waals surface area contributed by atoms with E-state index in [4.69, 9.17) is 23.7 Å². The Morgan fingerprint density at radius 2 is 0.913 bits per heavy atom. The van der Waals surface area contributed by atoms with Crippen LogP contribution in [0, 0.1) is 0 Å². The SMILES string of the molecule is C1CC(OC2CCC(OCC3CO3)CC2)CCC1OCC1CO1. The van der Waals surface area contributed by atoms with Crippen LogP contribution >= 0.6 is 0 Å². The molecule has 0 aromatic rings. The maximum atomic E-state index is 6.34. The summed E-state index contributed by atoms with van der Waals surface area (Å²) in [7, 11) is 0. The minimum atomic E-state index is 0.382. The second-order valence-electron chi connectivity index (χ2n) is 7.51. The van der Waals surface area contributed by atoms with Crippen LogP contribution in [0.15, 0.2) is 0 Å². The van der Waals surface area contributed by atoms with Gasteiger partial charge in [0.25, 0.3) is 0 Å². The summed E-state index contributed by atoms with van der Waals surface area (Å²) >= 11 is 0. The van der Waals surface area contributed by atoms with E-state index in [1.165, 1.54) is 0 Å². The van der Waals surface area contributed by atoms with Crippen LogP contribution in [-0.2, 0) is 23.7 Å². The fraction of sp³-hybridized carbons (Fsp3) is 1.00. The van der Waals surface area contributed by atoms with Crippen molar-refractivity contribution in [2.45, 2.75) is 88.0 Å². The molecular weight excluding hydrogens is 296 g/mol. The number of ether oxygens (including phenoxy) is 5. The van der Waals surface area contributed by atoms with Crippen LogP contribution in [0.2, 0.25) is 0 Å². The summed E-state index contributed by atoms with van der Waals surface area (Å²) < 4.78 is 28.5. The van der Waals surface area contributed by atoms with Gasteiger partial charge in [0.1, 0.15) is 12.2 Å². The van der Waals surface area contributed by atoms with Crippen molar-refractivity contribution in [1.29, 1.82) is 0 Å². The highest BCUT2D eigenvalue weighted by Crippen LogP contribution is 2.30. The zero-order valence-electron chi connectivity index (χ0n) is 14.0. The van der Waals surface area contributed by atoms with Crippen LogP contribution < -0.4 is 0 Å². The van der Waals surface area contributed by atoms with Crippen LogP contribution in [0.1, 0.15) is 51.4 Å². The summed E-state index contributed by atoms with van der Waals surface area (Å²) in [6.45, 7) is 3.34. The molecule has 2 atom stereocenters. The van der Waals surface area contributed by atoms with Crippen LogP contribution in [0.4, 0.5) is 0 Å². The molecule has 0 N–H and O–H groups in total. The summed E-state index contributed by atoms with van der Waals surface area (Å²) in [6.07, 6.45) is 11.6. The highest BCUT2D eigenvalue weighted by atomic mass is 16.6. The molecule has 23 heavy (non-hydrogen) atoms. The third-order valence-electron chi connectivity index (χ3n) is 5.47. The van der Waals surface area contributed by atoms with Gasteiger partial charge in [-0.2, -0.15) is 0 Å². The van der Waals surface area contributed by atoms with Crippen molar-refractivity contribution in [3.8, 4) is 0 Å². The third-order valence-corrected chi connectivity index (χ3v) is 5.47. The van der Waals surface area contributed by atoms with Gasteiger partial charge in [0, 0.05) is 0 Å². The Hall–Kier alpha value is -0.200. The van der Waals surface area contributed by atoms with Gasteiger partial charge in [0.05, 0.1) is 50.8 Å². The molecule has 0 spiro atoms. The Balaban J connectivity index is 1.08. The van der Waals surface area contributed by atoms with E-state index in [0.29, 0.717) is 36.6 Å². The Morgan fingerprint density at radius 3 is 1.26 bits per heavy atom. The fourth-order valence-corrected chi connectivity index (χ4v) is 3.76. The first kappa shape index (κ1) is 16.3. The standard InChI is InChI=1S/C18H30O5/c1-5-15(6-2-13(1)19-9-17-11-21-17)23-16-7-3-14(4-8-16)20-10-18-12-22-18/h13-18H,1-12H2. The van der Waals surface area contributed by atoms with Gasteiger partial charge in [-0.25, -0.2) is 0 Å². The highest BCUT2D eigenvalue weighted by molar-refractivity contribution is 4.79. The molecule has 0 bridgehead atoms. The molecule has 4 fully saturated rings. The molecular formula is C18H30O5. The number of rotatable bonds is 8. The van der Waals surface area contributed by atoms with Crippen LogP contribution in [0.5, 0.6) is 0 Å². The quantitative estimate of drug-likeness (QED) is 0.641. The van der Waals surface area contributed by atoms with Gasteiger partial charge in [0.2, 0.25) is 0 Å². The van der Waals surface area contributed by atoms with E-state index >= 15 is 0 Å². The van der Waals surface area contributed by atoms with Gasteiger partial charge in [-0.15, -0.1) is 0 Å². The zero-order chi connectivity index (χ0) is 15.5. The topological polar surface area (TPSA) is 52.8 Å². The molecule has 4 aliphatic rings. The zero-order valence-corrected chi connectivity index (χ0v) is 14.0. The van der Waals surface area contributed by atoms with Gasteiger partial charge >= 0.3 is 0 Å². The van der Waals surface area contributed by atoms with E-state index in [9.17, 15) is 0 Å². The van der Waals surface area contributed by atoms with Gasteiger partial charge in [-0.05, 0) is 51.4 Å². The molecule has 2 aliphatic heterocycles. The molecule has 2 heterocycles. The predicted molar refractivity (Wildman–Crippen MR) is 84.6 cm³/mol. The number of hydrogen-bond donors (Lipinski definition) is 0. The molecule has 0 amide bonds. The maximum Gasteiger partial charge on any atom is 0.104 e. The van der Waals surface area contributed by atoms with E-state index in [2.05, 4.69) is 0 Å². The maximum absolute atomic E-state index is 6.34. The Morgan fingerprint density at radius 1 is 0.565 bits per heavy atom. The first-order valence-corrected chi connectivity index (χ1v) is 9.47. The van der Waals surface area contributed by atoms with Crippen LogP contribution in [0.25, 0.3) is 0 Å². The van der Waals surface area contributed by atoms with Gasteiger partial charge in [0.15, 0.2) is 0 Å². The van der Waals surface area contributed by atoms with E-state index in [1.54, 1.807) is 0 Å². The lowest BCUT2D eigenvalue weighted by Gasteiger charge is -2.34. The van der Waals surface area contributed by atoms with Crippen LogP contribution in [-0.4, -0.2) is 63.1 Å². The average Bonchev–Trinajstić information content (AvgIpc) is 3.48. The fourth-order valence-electron chi connectivity index (χ4n) is 3.76. The first-order valence-electron chi connectivity index (χ1n) is 9.47. The molecule has 2 aliphatic carbocycles. The molecule has 0 aromatic heterocycles. The monoisotopic (exact) mass is 326 g/mol. The largest absolute Gasteiger partial charge is 0.375 e. The van der Waals surface area contributed by atoms with Gasteiger partial charge < -0.3 is 23.7 Å². The van der Waals surface area contributed by atoms with Crippen molar-refractivity contribution in [3.05, 3.63) is 0 Å². The van der Waals surface area contributed by atoms with Crippen molar-refractivity contribution >= 4 is 0 Å². The van der Waals surface area contributed by atoms with Crippen molar-refractivity contribution < 1.29 is 23.7 Å². The van der Waals surface area contributed by atoms with E-state index in [1.807, 2.05) is 0 Å². The molecule has 2 saturated heterocycles. The van der Waals surface area contributed by atoms with E-state index in [0.717, 1.165) is 77.8 Å². The molecule has 0 radical (unpaired) electrons.